The average molecular weight is 510 g/mol. The Morgan fingerprint density at radius 3 is 2.25 bits per heavy atom. The molecule has 3 aromatic rings. The first-order chi connectivity index (χ1) is 14.8. The summed E-state index contributed by atoms with van der Waals surface area (Å²) in [6.07, 6.45) is -3.69. The zero-order valence-corrected chi connectivity index (χ0v) is 18.8. The van der Waals surface area contributed by atoms with Crippen molar-refractivity contribution in [2.45, 2.75) is 32.2 Å². The molecule has 0 aliphatic rings. The first-order valence-corrected chi connectivity index (χ1v) is 10.2. The average Bonchev–Trinajstić information content (AvgIpc) is 3.15. The topological polar surface area (TPSA) is 59.8 Å². The minimum absolute atomic E-state index is 0.0428. The molecule has 1 unspecified atom stereocenters. The molecule has 1 N–H and O–H groups in total. The number of hydrogen-bond donors (Lipinski definition) is 1. The van der Waals surface area contributed by atoms with E-state index in [0.717, 1.165) is 12.1 Å². The fourth-order valence-corrected chi connectivity index (χ4v) is 3.66. The smallest absolute Gasteiger partial charge is 0.352 e. The molecule has 0 aliphatic heterocycles. The minimum Gasteiger partial charge on any atom is -0.352 e. The maximum absolute atomic E-state index is 14.3. The van der Waals surface area contributed by atoms with Crippen LogP contribution in [0.3, 0.4) is 0 Å². The number of hydrogen-bond acceptors (Lipinski definition) is 3. The van der Waals surface area contributed by atoms with Crippen LogP contribution in [0.25, 0.3) is 16.9 Å². The van der Waals surface area contributed by atoms with Gasteiger partial charge in [-0.3, -0.25) is 4.79 Å². The summed E-state index contributed by atoms with van der Waals surface area (Å²) in [5.74, 6) is -0.222. The molecule has 12 heteroatoms. The lowest BCUT2D eigenvalue weighted by Gasteiger charge is -2.25. The maximum Gasteiger partial charge on any atom is 0.426 e. The van der Waals surface area contributed by atoms with Crippen LogP contribution in [0, 0.1) is 0 Å². The number of nitrogens with one attached hydrogen (secondary N) is 1. The number of alkyl halides is 4. The Kier molecular flexibility index (Phi) is 6.74. The molecule has 1 aromatic heterocycles. The van der Waals surface area contributed by atoms with Crippen molar-refractivity contribution in [2.24, 2.45) is 0 Å². The Balaban J connectivity index is 1.97. The van der Waals surface area contributed by atoms with Crippen molar-refractivity contribution in [3.63, 3.8) is 0 Å². The van der Waals surface area contributed by atoms with Gasteiger partial charge in [-0.25, -0.2) is 9.07 Å². The third kappa shape index (κ3) is 4.84. The van der Waals surface area contributed by atoms with Crippen LogP contribution in [0.2, 0.25) is 15.1 Å². The fraction of sp³-hybridized carbons (Fsp3) is 0.250. The van der Waals surface area contributed by atoms with E-state index < -0.39 is 17.4 Å². The lowest BCUT2D eigenvalue weighted by atomic mass is 9.97. The lowest BCUT2D eigenvalue weighted by molar-refractivity contribution is -0.228. The van der Waals surface area contributed by atoms with Crippen LogP contribution in [-0.4, -0.2) is 27.1 Å². The van der Waals surface area contributed by atoms with E-state index in [9.17, 15) is 22.4 Å². The molecule has 0 aliphatic carbocycles. The van der Waals surface area contributed by atoms with E-state index in [-0.39, 0.29) is 28.2 Å². The van der Waals surface area contributed by atoms with E-state index in [1.807, 2.05) is 0 Å². The highest BCUT2D eigenvalue weighted by atomic mass is 35.5. The number of carbonyl (C=O) groups excluding carboxylic acids is 1. The van der Waals surface area contributed by atoms with Gasteiger partial charge >= 0.3 is 6.18 Å². The van der Waals surface area contributed by atoms with Gasteiger partial charge in [-0.1, -0.05) is 46.1 Å². The van der Waals surface area contributed by atoms with Crippen molar-refractivity contribution in [1.29, 1.82) is 0 Å². The van der Waals surface area contributed by atoms with E-state index in [0.29, 0.717) is 28.8 Å². The van der Waals surface area contributed by atoms with Gasteiger partial charge in [0.15, 0.2) is 0 Å². The van der Waals surface area contributed by atoms with Gasteiger partial charge < -0.3 is 5.32 Å². The normalized spacial score (nSPS) is 13.7. The molecule has 2 aromatic carbocycles. The number of nitrogens with zero attached hydrogens (tertiary/aromatic N) is 3. The summed E-state index contributed by atoms with van der Waals surface area (Å²) in [6.45, 7) is 1.97. The summed E-state index contributed by atoms with van der Waals surface area (Å²) in [4.78, 5) is 11.2. The van der Waals surface area contributed by atoms with Gasteiger partial charge in [0, 0.05) is 29.6 Å². The van der Waals surface area contributed by atoms with E-state index in [1.54, 1.807) is 18.2 Å². The van der Waals surface area contributed by atoms with Gasteiger partial charge in [0.1, 0.15) is 11.4 Å². The molecule has 3 rings (SSSR count). The largest absolute Gasteiger partial charge is 0.426 e. The van der Waals surface area contributed by atoms with Crippen LogP contribution in [0.1, 0.15) is 25.0 Å². The van der Waals surface area contributed by atoms with Crippen LogP contribution in [0.4, 0.5) is 17.6 Å². The summed E-state index contributed by atoms with van der Waals surface area (Å²) in [7, 11) is 0. The molecule has 1 atom stereocenters. The molecule has 0 radical (unpaired) electrons. The molecule has 0 saturated heterocycles. The lowest BCUT2D eigenvalue weighted by Crippen LogP contribution is -2.35. The van der Waals surface area contributed by atoms with E-state index in [2.05, 4.69) is 15.6 Å². The van der Waals surface area contributed by atoms with Gasteiger partial charge in [-0.2, -0.15) is 13.2 Å². The molecule has 0 spiro atoms. The first-order valence-electron chi connectivity index (χ1n) is 9.02. The maximum atomic E-state index is 14.3. The van der Waals surface area contributed by atoms with E-state index >= 15 is 0 Å². The van der Waals surface area contributed by atoms with Crippen molar-refractivity contribution in [2.75, 3.05) is 0 Å². The molecule has 5 nitrogen and oxygen atoms in total. The van der Waals surface area contributed by atoms with Crippen molar-refractivity contribution in [1.82, 2.24) is 20.3 Å². The van der Waals surface area contributed by atoms with Crippen molar-refractivity contribution in [3.8, 4) is 16.9 Å². The summed E-state index contributed by atoms with van der Waals surface area (Å²) < 4.78 is 54.6. The molecule has 1 amide bonds. The van der Waals surface area contributed by atoms with E-state index in [4.69, 9.17) is 34.8 Å². The van der Waals surface area contributed by atoms with Crippen LogP contribution >= 0.6 is 34.8 Å². The first kappa shape index (κ1) is 24.3. The molecule has 0 bridgehead atoms. The third-order valence-corrected chi connectivity index (χ3v) is 5.63. The number of halogens is 7. The fourth-order valence-electron chi connectivity index (χ4n) is 2.81. The zero-order chi connectivity index (χ0) is 23.8. The van der Waals surface area contributed by atoms with Gasteiger partial charge in [0.2, 0.25) is 11.6 Å². The summed E-state index contributed by atoms with van der Waals surface area (Å²) in [5, 5.41) is 10.6. The summed E-state index contributed by atoms with van der Waals surface area (Å²) in [6, 6.07) is 6.72. The second-order valence-corrected chi connectivity index (χ2v) is 8.28. The monoisotopic (exact) mass is 508 g/mol. The minimum atomic E-state index is -5.15. The number of carbonyl (C=O) groups is 1. The predicted molar refractivity (Wildman–Crippen MR) is 114 cm³/mol. The standard InChI is InChI=1S/C20H15Cl3F4N4O/c1-10(32)28-8-12-5-11(3-4-14(12)21)17-9-31(30-29-17)18-15(22)6-13(7-16(18)23)19(2,24)20(25,26)27/h3-7,9H,8H2,1-2H3,(H,28,32). The molecule has 32 heavy (non-hydrogen) atoms. The van der Waals surface area contributed by atoms with Crippen molar-refractivity contribution >= 4 is 40.7 Å². The number of amides is 1. The number of rotatable bonds is 5. The molecule has 0 saturated carbocycles. The molecular formula is C20H15Cl3F4N4O. The third-order valence-electron chi connectivity index (χ3n) is 4.68. The number of aromatic nitrogens is 3. The van der Waals surface area contributed by atoms with Gasteiger partial charge in [0.05, 0.1) is 16.2 Å². The van der Waals surface area contributed by atoms with Crippen LogP contribution in [0.5, 0.6) is 0 Å². The van der Waals surface area contributed by atoms with Crippen molar-refractivity contribution in [3.05, 3.63) is 62.7 Å². The Bertz CT molecular complexity index is 1150. The van der Waals surface area contributed by atoms with Crippen molar-refractivity contribution < 1.29 is 22.4 Å². The quantitative estimate of drug-likeness (QED) is 0.412. The second kappa shape index (κ2) is 8.88. The summed E-state index contributed by atoms with van der Waals surface area (Å²) in [5.41, 5.74) is -2.69. The highest BCUT2D eigenvalue weighted by Gasteiger charge is 2.53. The SMILES string of the molecule is CC(=O)NCc1cc(-c2cn(-c3c(Cl)cc(C(C)(F)C(F)(F)F)cc3Cl)nn2)ccc1Cl. The van der Waals surface area contributed by atoms with E-state index in [1.165, 1.54) is 17.8 Å². The number of benzene rings is 2. The molecule has 170 valence electrons. The highest BCUT2D eigenvalue weighted by molar-refractivity contribution is 6.37. The predicted octanol–water partition coefficient (Wildman–Crippen LogP) is 6.28. The zero-order valence-electron chi connectivity index (χ0n) is 16.6. The van der Waals surface area contributed by atoms with Crippen LogP contribution in [0.15, 0.2) is 36.5 Å². The second-order valence-electron chi connectivity index (χ2n) is 7.05. The van der Waals surface area contributed by atoms with Gasteiger partial charge in [-0.15, -0.1) is 5.10 Å². The molecule has 1 heterocycles. The molecule has 0 fully saturated rings. The Hall–Kier alpha value is -2.36. The van der Waals surface area contributed by atoms with Gasteiger partial charge in [0.25, 0.3) is 0 Å². The Morgan fingerprint density at radius 1 is 1.06 bits per heavy atom. The summed E-state index contributed by atoms with van der Waals surface area (Å²) >= 11 is 18.4. The van der Waals surface area contributed by atoms with Gasteiger partial charge in [-0.05, 0) is 36.8 Å². The van der Waals surface area contributed by atoms with Crippen LogP contribution < -0.4 is 5.32 Å². The highest BCUT2D eigenvalue weighted by Crippen LogP contribution is 2.45. The molecular weight excluding hydrogens is 495 g/mol. The van der Waals surface area contributed by atoms with Crippen LogP contribution in [-0.2, 0) is 17.0 Å². The Labute approximate surface area is 195 Å². The Morgan fingerprint density at radius 2 is 1.69 bits per heavy atom.